The summed E-state index contributed by atoms with van der Waals surface area (Å²) in [4.78, 5) is 0. The SMILES string of the molecule is CCc1c(-c2ccccc2F)nn2c1O[C@H](COC)CC2. The zero-order chi connectivity index (χ0) is 14.8. The van der Waals surface area contributed by atoms with Gasteiger partial charge < -0.3 is 9.47 Å². The van der Waals surface area contributed by atoms with Crippen LogP contribution in [0, 0.1) is 5.82 Å². The van der Waals surface area contributed by atoms with Crippen molar-refractivity contribution in [1.29, 1.82) is 0 Å². The average Bonchev–Trinajstić information content (AvgIpc) is 2.85. The number of rotatable bonds is 4. The largest absolute Gasteiger partial charge is 0.472 e. The maximum Gasteiger partial charge on any atom is 0.216 e. The lowest BCUT2D eigenvalue weighted by atomic mass is 10.1. The van der Waals surface area contributed by atoms with Crippen molar-refractivity contribution in [3.63, 3.8) is 0 Å². The fraction of sp³-hybridized carbons (Fsp3) is 0.438. The van der Waals surface area contributed by atoms with E-state index < -0.39 is 0 Å². The van der Waals surface area contributed by atoms with Gasteiger partial charge in [0, 0.05) is 31.2 Å². The van der Waals surface area contributed by atoms with E-state index in [1.54, 1.807) is 19.2 Å². The standard InChI is InChI=1S/C16H19FN2O2/c1-3-12-15(13-6-4-5-7-14(13)17)18-19-9-8-11(10-20-2)21-16(12)19/h4-7,11H,3,8-10H2,1-2H3/t11-/m0/s1. The van der Waals surface area contributed by atoms with Crippen molar-refractivity contribution in [1.82, 2.24) is 9.78 Å². The second-order valence-corrected chi connectivity index (χ2v) is 5.17. The van der Waals surface area contributed by atoms with Crippen molar-refractivity contribution < 1.29 is 13.9 Å². The molecule has 0 unspecified atom stereocenters. The van der Waals surface area contributed by atoms with E-state index in [0.29, 0.717) is 17.9 Å². The van der Waals surface area contributed by atoms with E-state index in [0.717, 1.165) is 30.8 Å². The molecule has 0 fully saturated rings. The Morgan fingerprint density at radius 3 is 2.95 bits per heavy atom. The minimum absolute atomic E-state index is 0.0398. The predicted molar refractivity (Wildman–Crippen MR) is 77.9 cm³/mol. The summed E-state index contributed by atoms with van der Waals surface area (Å²) in [5.41, 5.74) is 2.17. The molecule has 2 heterocycles. The van der Waals surface area contributed by atoms with Gasteiger partial charge in [-0.05, 0) is 18.6 Å². The van der Waals surface area contributed by atoms with Gasteiger partial charge in [0.25, 0.3) is 0 Å². The number of fused-ring (bicyclic) bond motifs is 1. The molecule has 4 nitrogen and oxygen atoms in total. The predicted octanol–water partition coefficient (Wildman–Crippen LogP) is 3.05. The second kappa shape index (κ2) is 5.85. The van der Waals surface area contributed by atoms with Crippen molar-refractivity contribution in [2.75, 3.05) is 13.7 Å². The highest BCUT2D eigenvalue weighted by molar-refractivity contribution is 5.66. The number of ether oxygens (including phenoxy) is 2. The molecule has 1 aromatic carbocycles. The molecule has 0 amide bonds. The number of hydrogen-bond acceptors (Lipinski definition) is 3. The fourth-order valence-electron chi connectivity index (χ4n) is 2.74. The first-order valence-electron chi connectivity index (χ1n) is 7.24. The van der Waals surface area contributed by atoms with Gasteiger partial charge in [0.15, 0.2) is 0 Å². The maximum absolute atomic E-state index is 14.0. The molecule has 0 aliphatic carbocycles. The van der Waals surface area contributed by atoms with Crippen LogP contribution in [-0.2, 0) is 17.7 Å². The zero-order valence-corrected chi connectivity index (χ0v) is 12.3. The summed E-state index contributed by atoms with van der Waals surface area (Å²) in [6, 6.07) is 6.73. The van der Waals surface area contributed by atoms with Crippen LogP contribution in [0.5, 0.6) is 5.88 Å². The maximum atomic E-state index is 14.0. The third kappa shape index (κ3) is 2.53. The molecule has 0 saturated carbocycles. The summed E-state index contributed by atoms with van der Waals surface area (Å²) in [6.45, 7) is 3.36. The molecule has 21 heavy (non-hydrogen) atoms. The van der Waals surface area contributed by atoms with Gasteiger partial charge in [0.2, 0.25) is 5.88 Å². The minimum atomic E-state index is -0.254. The topological polar surface area (TPSA) is 36.3 Å². The van der Waals surface area contributed by atoms with E-state index in [4.69, 9.17) is 9.47 Å². The summed E-state index contributed by atoms with van der Waals surface area (Å²) >= 11 is 0. The van der Waals surface area contributed by atoms with Crippen LogP contribution in [0.3, 0.4) is 0 Å². The molecule has 2 aromatic rings. The van der Waals surface area contributed by atoms with E-state index in [1.165, 1.54) is 6.07 Å². The zero-order valence-electron chi connectivity index (χ0n) is 12.3. The fourth-order valence-corrected chi connectivity index (χ4v) is 2.74. The van der Waals surface area contributed by atoms with Crippen LogP contribution < -0.4 is 4.74 Å². The second-order valence-electron chi connectivity index (χ2n) is 5.17. The Bertz CT molecular complexity index is 639. The molecular weight excluding hydrogens is 271 g/mol. The summed E-state index contributed by atoms with van der Waals surface area (Å²) in [5, 5.41) is 4.56. The van der Waals surface area contributed by atoms with Crippen LogP contribution >= 0.6 is 0 Å². The number of aromatic nitrogens is 2. The number of hydrogen-bond donors (Lipinski definition) is 0. The van der Waals surface area contributed by atoms with Gasteiger partial charge in [-0.15, -0.1) is 0 Å². The van der Waals surface area contributed by atoms with Gasteiger partial charge in [-0.2, -0.15) is 5.10 Å². The van der Waals surface area contributed by atoms with E-state index in [1.807, 2.05) is 17.7 Å². The Balaban J connectivity index is 2.03. The number of aryl methyl sites for hydroxylation is 1. The quantitative estimate of drug-likeness (QED) is 0.868. The lowest BCUT2D eigenvalue weighted by Gasteiger charge is -2.24. The molecule has 112 valence electrons. The highest BCUT2D eigenvalue weighted by atomic mass is 19.1. The summed E-state index contributed by atoms with van der Waals surface area (Å²) < 4.78 is 27.0. The van der Waals surface area contributed by atoms with Crippen molar-refractivity contribution in [2.24, 2.45) is 0 Å². The van der Waals surface area contributed by atoms with Gasteiger partial charge in [0.05, 0.1) is 6.61 Å². The smallest absolute Gasteiger partial charge is 0.216 e. The van der Waals surface area contributed by atoms with Gasteiger partial charge in [-0.3, -0.25) is 0 Å². The average molecular weight is 290 g/mol. The molecule has 0 saturated heterocycles. The number of nitrogens with zero attached hydrogens (tertiary/aromatic N) is 2. The van der Waals surface area contributed by atoms with Crippen molar-refractivity contribution in [3.05, 3.63) is 35.6 Å². The molecule has 5 heteroatoms. The number of halogens is 1. The Morgan fingerprint density at radius 1 is 1.43 bits per heavy atom. The molecule has 0 radical (unpaired) electrons. The monoisotopic (exact) mass is 290 g/mol. The van der Waals surface area contributed by atoms with Crippen molar-refractivity contribution in [2.45, 2.75) is 32.4 Å². The molecule has 3 rings (SSSR count). The van der Waals surface area contributed by atoms with Crippen LogP contribution in [0.25, 0.3) is 11.3 Å². The molecule has 0 N–H and O–H groups in total. The molecule has 1 aliphatic rings. The van der Waals surface area contributed by atoms with Crippen LogP contribution in [-0.4, -0.2) is 29.6 Å². The molecule has 1 aliphatic heterocycles. The molecule has 1 aromatic heterocycles. The first-order valence-corrected chi connectivity index (χ1v) is 7.24. The summed E-state index contributed by atoms with van der Waals surface area (Å²) in [6.07, 6.45) is 1.64. The highest BCUT2D eigenvalue weighted by Crippen LogP contribution is 2.35. The normalized spacial score (nSPS) is 17.4. The lowest BCUT2D eigenvalue weighted by Crippen LogP contribution is -2.30. The number of benzene rings is 1. The van der Waals surface area contributed by atoms with Crippen LogP contribution in [0.1, 0.15) is 18.9 Å². The van der Waals surface area contributed by atoms with Crippen molar-refractivity contribution >= 4 is 0 Å². The lowest BCUT2D eigenvalue weighted by molar-refractivity contribution is 0.0485. The van der Waals surface area contributed by atoms with Crippen molar-refractivity contribution in [3.8, 4) is 17.1 Å². The molecular formula is C16H19FN2O2. The van der Waals surface area contributed by atoms with Gasteiger partial charge in [0.1, 0.15) is 17.6 Å². The highest BCUT2D eigenvalue weighted by Gasteiger charge is 2.27. The van der Waals surface area contributed by atoms with E-state index in [2.05, 4.69) is 5.10 Å². The van der Waals surface area contributed by atoms with Crippen LogP contribution in [0.2, 0.25) is 0 Å². The summed E-state index contributed by atoms with van der Waals surface area (Å²) in [5.74, 6) is 0.500. The van der Waals surface area contributed by atoms with Gasteiger partial charge >= 0.3 is 0 Å². The van der Waals surface area contributed by atoms with Crippen LogP contribution in [0.4, 0.5) is 4.39 Å². The first-order chi connectivity index (χ1) is 10.2. The van der Waals surface area contributed by atoms with Crippen LogP contribution in [0.15, 0.2) is 24.3 Å². The van der Waals surface area contributed by atoms with E-state index in [9.17, 15) is 4.39 Å². The molecule has 0 bridgehead atoms. The van der Waals surface area contributed by atoms with Gasteiger partial charge in [-0.25, -0.2) is 9.07 Å². The third-order valence-electron chi connectivity index (χ3n) is 3.78. The summed E-state index contributed by atoms with van der Waals surface area (Å²) in [7, 11) is 1.67. The first kappa shape index (κ1) is 14.1. The van der Waals surface area contributed by atoms with E-state index in [-0.39, 0.29) is 11.9 Å². The Labute approximate surface area is 123 Å². The molecule has 0 spiro atoms. The minimum Gasteiger partial charge on any atom is -0.472 e. The third-order valence-corrected chi connectivity index (χ3v) is 3.78. The Kier molecular flexibility index (Phi) is 3.92. The Morgan fingerprint density at radius 2 is 2.24 bits per heavy atom. The Hall–Kier alpha value is -1.88. The van der Waals surface area contributed by atoms with Gasteiger partial charge in [-0.1, -0.05) is 19.1 Å². The van der Waals surface area contributed by atoms with E-state index >= 15 is 0 Å². The molecule has 1 atom stereocenters. The number of methoxy groups -OCH3 is 1.